The second-order valence-corrected chi connectivity index (χ2v) is 4.17. The van der Waals surface area contributed by atoms with Gasteiger partial charge in [0.15, 0.2) is 0 Å². The van der Waals surface area contributed by atoms with Gasteiger partial charge in [0.2, 0.25) is 5.91 Å². The van der Waals surface area contributed by atoms with Crippen LogP contribution in [0.15, 0.2) is 0 Å². The van der Waals surface area contributed by atoms with Gasteiger partial charge < -0.3 is 4.90 Å². The summed E-state index contributed by atoms with van der Waals surface area (Å²) in [5.41, 5.74) is 0. The lowest BCUT2D eigenvalue weighted by Gasteiger charge is -2.14. The van der Waals surface area contributed by atoms with Gasteiger partial charge in [-0.3, -0.25) is 4.79 Å². The van der Waals surface area contributed by atoms with Crippen molar-refractivity contribution in [3.05, 3.63) is 0 Å². The van der Waals surface area contributed by atoms with E-state index in [9.17, 15) is 4.79 Å². The molecule has 1 heterocycles. The van der Waals surface area contributed by atoms with Crippen LogP contribution in [0.25, 0.3) is 0 Å². The van der Waals surface area contributed by atoms with Crippen LogP contribution in [-0.2, 0) is 4.79 Å². The van der Waals surface area contributed by atoms with Crippen LogP contribution in [0.2, 0.25) is 0 Å². The summed E-state index contributed by atoms with van der Waals surface area (Å²) >= 11 is 4.05. The third-order valence-corrected chi connectivity index (χ3v) is 2.89. The summed E-state index contributed by atoms with van der Waals surface area (Å²) in [5, 5.41) is 0. The Kier molecular flexibility index (Phi) is 3.44. The van der Waals surface area contributed by atoms with Crippen LogP contribution in [0.4, 0.5) is 0 Å². The molecule has 0 N–H and O–H groups in total. The summed E-state index contributed by atoms with van der Waals surface area (Å²) in [6, 6.07) is 0. The van der Waals surface area contributed by atoms with Crippen molar-refractivity contribution < 1.29 is 4.79 Å². The molecule has 0 aromatic heterocycles. The van der Waals surface area contributed by atoms with Crippen molar-refractivity contribution in [2.24, 2.45) is 11.8 Å². The van der Waals surface area contributed by atoms with Crippen molar-refractivity contribution in [1.82, 2.24) is 4.90 Å². The maximum absolute atomic E-state index is 11.4. The zero-order chi connectivity index (χ0) is 9.14. The van der Waals surface area contributed by atoms with Crippen molar-refractivity contribution in [2.45, 2.75) is 20.3 Å². The Labute approximate surface area is 79.7 Å². The summed E-state index contributed by atoms with van der Waals surface area (Å²) in [6.45, 7) is 6.29. The van der Waals surface area contributed by atoms with Gasteiger partial charge >= 0.3 is 0 Å². The molecule has 1 fully saturated rings. The van der Waals surface area contributed by atoms with Gasteiger partial charge in [0, 0.05) is 19.5 Å². The first-order chi connectivity index (χ1) is 5.65. The number of likely N-dealkylation sites (tertiary alicyclic amines) is 1. The smallest absolute Gasteiger partial charge is 0.223 e. The summed E-state index contributed by atoms with van der Waals surface area (Å²) in [5.74, 6) is 2.25. The second-order valence-electron chi connectivity index (χ2n) is 3.73. The number of hydrogen-bond acceptors (Lipinski definition) is 2. The zero-order valence-electron chi connectivity index (χ0n) is 7.79. The minimum atomic E-state index is 0.265. The number of carbonyl (C=O) groups excluding carboxylic acids is 1. The van der Waals surface area contributed by atoms with Gasteiger partial charge in [0.25, 0.3) is 0 Å². The number of nitrogens with zero attached hydrogens (tertiary/aromatic N) is 1. The lowest BCUT2D eigenvalue weighted by molar-refractivity contribution is -0.129. The molecule has 0 bridgehead atoms. The summed E-state index contributed by atoms with van der Waals surface area (Å²) in [4.78, 5) is 13.4. The fraction of sp³-hybridized carbons (Fsp3) is 0.889. The molecule has 0 aromatic carbocycles. The lowest BCUT2D eigenvalue weighted by Crippen LogP contribution is -2.28. The molecule has 3 heteroatoms. The molecule has 0 radical (unpaired) electrons. The van der Waals surface area contributed by atoms with Crippen LogP contribution in [0.5, 0.6) is 0 Å². The third-order valence-electron chi connectivity index (χ3n) is 2.67. The third kappa shape index (κ3) is 2.16. The van der Waals surface area contributed by atoms with Crippen molar-refractivity contribution >= 4 is 18.5 Å². The quantitative estimate of drug-likeness (QED) is 0.648. The molecule has 0 saturated carbocycles. The van der Waals surface area contributed by atoms with Crippen molar-refractivity contribution in [3.8, 4) is 0 Å². The largest absolute Gasteiger partial charge is 0.342 e. The first-order valence-electron chi connectivity index (χ1n) is 4.53. The van der Waals surface area contributed by atoms with E-state index in [1.54, 1.807) is 0 Å². The Bertz CT molecular complexity index is 162. The zero-order valence-corrected chi connectivity index (χ0v) is 8.68. The van der Waals surface area contributed by atoms with E-state index in [1.165, 1.54) is 0 Å². The Morgan fingerprint density at radius 1 is 1.42 bits per heavy atom. The maximum atomic E-state index is 11.4. The van der Waals surface area contributed by atoms with E-state index in [0.29, 0.717) is 24.0 Å². The SMILES string of the molecule is CC1CN(C(=O)CCS)CC1C. The molecule has 1 rings (SSSR count). The first kappa shape index (κ1) is 9.90. The molecular weight excluding hydrogens is 170 g/mol. The molecule has 1 saturated heterocycles. The molecule has 0 aliphatic carbocycles. The predicted octanol–water partition coefficient (Wildman–Crippen LogP) is 1.42. The van der Waals surface area contributed by atoms with Gasteiger partial charge in [-0.25, -0.2) is 0 Å². The van der Waals surface area contributed by atoms with E-state index in [1.807, 2.05) is 4.90 Å². The second kappa shape index (κ2) is 4.17. The van der Waals surface area contributed by atoms with E-state index in [4.69, 9.17) is 0 Å². The van der Waals surface area contributed by atoms with Crippen molar-refractivity contribution in [3.63, 3.8) is 0 Å². The molecule has 1 aliphatic heterocycles. The summed E-state index contributed by atoms with van der Waals surface area (Å²) in [6.07, 6.45) is 0.586. The number of carbonyl (C=O) groups is 1. The van der Waals surface area contributed by atoms with Gasteiger partial charge in [0.05, 0.1) is 0 Å². The van der Waals surface area contributed by atoms with Gasteiger partial charge in [0.1, 0.15) is 0 Å². The fourth-order valence-electron chi connectivity index (χ4n) is 1.59. The van der Waals surface area contributed by atoms with E-state index in [0.717, 1.165) is 13.1 Å². The molecule has 70 valence electrons. The molecule has 2 nitrogen and oxygen atoms in total. The van der Waals surface area contributed by atoms with E-state index >= 15 is 0 Å². The van der Waals surface area contributed by atoms with E-state index in [2.05, 4.69) is 26.5 Å². The van der Waals surface area contributed by atoms with E-state index < -0.39 is 0 Å². The van der Waals surface area contributed by atoms with Crippen LogP contribution in [0.1, 0.15) is 20.3 Å². The molecule has 2 atom stereocenters. The standard InChI is InChI=1S/C9H17NOS/c1-7-5-10(6-8(7)2)9(11)3-4-12/h7-8,12H,3-6H2,1-2H3. The first-order valence-corrected chi connectivity index (χ1v) is 5.17. The predicted molar refractivity (Wildman–Crippen MR) is 53.4 cm³/mol. The highest BCUT2D eigenvalue weighted by Crippen LogP contribution is 2.22. The van der Waals surface area contributed by atoms with Gasteiger partial charge in [-0.05, 0) is 17.6 Å². The molecule has 1 aliphatic rings. The number of amides is 1. The average molecular weight is 187 g/mol. The minimum absolute atomic E-state index is 0.265. The Hall–Kier alpha value is -0.180. The number of thiol groups is 1. The van der Waals surface area contributed by atoms with Crippen LogP contribution >= 0.6 is 12.6 Å². The number of hydrogen-bond donors (Lipinski definition) is 1. The molecule has 0 spiro atoms. The van der Waals surface area contributed by atoms with Crippen LogP contribution in [0, 0.1) is 11.8 Å². The number of rotatable bonds is 2. The maximum Gasteiger partial charge on any atom is 0.223 e. The van der Waals surface area contributed by atoms with Gasteiger partial charge in [-0.1, -0.05) is 13.8 Å². The molecule has 2 unspecified atom stereocenters. The summed E-state index contributed by atoms with van der Waals surface area (Å²) < 4.78 is 0. The summed E-state index contributed by atoms with van der Waals surface area (Å²) in [7, 11) is 0. The van der Waals surface area contributed by atoms with Crippen LogP contribution in [0.3, 0.4) is 0 Å². The van der Waals surface area contributed by atoms with Crippen molar-refractivity contribution in [2.75, 3.05) is 18.8 Å². The average Bonchev–Trinajstić information content (AvgIpc) is 2.33. The minimum Gasteiger partial charge on any atom is -0.342 e. The van der Waals surface area contributed by atoms with E-state index in [-0.39, 0.29) is 5.91 Å². The highest BCUT2D eigenvalue weighted by Gasteiger charge is 2.28. The molecule has 0 aromatic rings. The highest BCUT2D eigenvalue weighted by atomic mass is 32.1. The van der Waals surface area contributed by atoms with Crippen molar-refractivity contribution in [1.29, 1.82) is 0 Å². The molecule has 1 amide bonds. The highest BCUT2D eigenvalue weighted by molar-refractivity contribution is 7.80. The Balaban J connectivity index is 2.40. The molecule has 12 heavy (non-hydrogen) atoms. The normalized spacial score (nSPS) is 29.4. The van der Waals surface area contributed by atoms with Crippen LogP contribution < -0.4 is 0 Å². The van der Waals surface area contributed by atoms with Gasteiger partial charge in [-0.2, -0.15) is 12.6 Å². The monoisotopic (exact) mass is 187 g/mol. The topological polar surface area (TPSA) is 20.3 Å². The van der Waals surface area contributed by atoms with Gasteiger partial charge in [-0.15, -0.1) is 0 Å². The Morgan fingerprint density at radius 3 is 2.33 bits per heavy atom. The van der Waals surface area contributed by atoms with Crippen LogP contribution in [-0.4, -0.2) is 29.6 Å². The Morgan fingerprint density at radius 2 is 1.92 bits per heavy atom. The molecular formula is C9H17NOS. The lowest BCUT2D eigenvalue weighted by atomic mass is 10.0. The fourth-order valence-corrected chi connectivity index (χ4v) is 1.78.